The molecule has 0 spiro atoms. The summed E-state index contributed by atoms with van der Waals surface area (Å²) in [7, 11) is 0. The van der Waals surface area contributed by atoms with Crippen LogP contribution in [0.4, 0.5) is 0 Å². The molecule has 1 saturated heterocycles. The SMILES string of the molecule is C=C(C)[C@H]1C/C=C2\C(=O)OC(C/C(C)=C\C(=O)[C@@H](OCC)CC(=O)C1)[C@H]2O. The van der Waals surface area contributed by atoms with Crippen LogP contribution in [0.25, 0.3) is 0 Å². The van der Waals surface area contributed by atoms with Crippen molar-refractivity contribution in [3.05, 3.63) is 35.5 Å². The van der Waals surface area contributed by atoms with Crippen LogP contribution < -0.4 is 0 Å². The van der Waals surface area contributed by atoms with E-state index < -0.39 is 24.3 Å². The van der Waals surface area contributed by atoms with E-state index in [1.807, 2.05) is 6.92 Å². The third-order valence-electron chi connectivity index (χ3n) is 4.97. The Morgan fingerprint density at radius 1 is 1.30 bits per heavy atom. The molecule has 1 unspecified atom stereocenters. The molecule has 1 fully saturated rings. The van der Waals surface area contributed by atoms with Crippen molar-refractivity contribution in [3.63, 3.8) is 0 Å². The van der Waals surface area contributed by atoms with Gasteiger partial charge in [-0.15, -0.1) is 0 Å². The van der Waals surface area contributed by atoms with E-state index in [1.54, 1.807) is 19.9 Å². The second-order valence-electron chi connectivity index (χ2n) is 7.32. The molecule has 148 valence electrons. The molecular weight excluding hydrogens is 348 g/mol. The van der Waals surface area contributed by atoms with E-state index in [-0.39, 0.29) is 42.3 Å². The Labute approximate surface area is 159 Å². The van der Waals surface area contributed by atoms with Gasteiger partial charge < -0.3 is 14.6 Å². The van der Waals surface area contributed by atoms with E-state index in [2.05, 4.69) is 6.58 Å². The van der Waals surface area contributed by atoms with Crippen LogP contribution >= 0.6 is 0 Å². The number of ether oxygens (including phenoxy) is 2. The van der Waals surface area contributed by atoms with Gasteiger partial charge in [0, 0.05) is 25.9 Å². The van der Waals surface area contributed by atoms with E-state index in [0.717, 1.165) is 5.57 Å². The number of hydrogen-bond donors (Lipinski definition) is 1. The number of hydrogen-bond acceptors (Lipinski definition) is 6. The summed E-state index contributed by atoms with van der Waals surface area (Å²) in [5.41, 5.74) is 1.67. The molecular formula is C21H28O6. The predicted molar refractivity (Wildman–Crippen MR) is 99.9 cm³/mol. The monoisotopic (exact) mass is 376 g/mol. The summed E-state index contributed by atoms with van der Waals surface area (Å²) < 4.78 is 10.8. The number of carbonyl (C=O) groups is 3. The molecule has 2 bridgehead atoms. The lowest BCUT2D eigenvalue weighted by molar-refractivity contribution is -0.139. The van der Waals surface area contributed by atoms with Crippen LogP contribution in [0.2, 0.25) is 0 Å². The molecule has 0 aromatic carbocycles. The molecule has 1 heterocycles. The number of fused-ring (bicyclic) bond motifs is 2. The molecule has 1 N–H and O–H groups in total. The van der Waals surface area contributed by atoms with Crippen LogP contribution in [0.15, 0.2) is 35.5 Å². The van der Waals surface area contributed by atoms with Gasteiger partial charge in [0.2, 0.25) is 0 Å². The van der Waals surface area contributed by atoms with Crippen LogP contribution in [0, 0.1) is 5.92 Å². The van der Waals surface area contributed by atoms with Crippen molar-refractivity contribution in [2.24, 2.45) is 5.92 Å². The average molecular weight is 376 g/mol. The smallest absolute Gasteiger partial charge is 0.336 e. The second-order valence-corrected chi connectivity index (χ2v) is 7.32. The third kappa shape index (κ3) is 5.47. The summed E-state index contributed by atoms with van der Waals surface area (Å²) >= 11 is 0. The molecule has 4 atom stereocenters. The number of Topliss-reactive ketones (excluding diaryl/α,β-unsaturated/α-hetero) is 1. The Morgan fingerprint density at radius 3 is 2.63 bits per heavy atom. The maximum atomic E-state index is 12.5. The second kappa shape index (κ2) is 9.24. The van der Waals surface area contributed by atoms with Gasteiger partial charge in [-0.2, -0.15) is 0 Å². The molecule has 1 aliphatic carbocycles. The van der Waals surface area contributed by atoms with Gasteiger partial charge in [0.25, 0.3) is 0 Å². The number of rotatable bonds is 3. The van der Waals surface area contributed by atoms with Crippen molar-refractivity contribution in [1.82, 2.24) is 0 Å². The number of esters is 1. The van der Waals surface area contributed by atoms with E-state index in [4.69, 9.17) is 9.47 Å². The molecule has 0 amide bonds. The van der Waals surface area contributed by atoms with Crippen molar-refractivity contribution in [3.8, 4) is 0 Å². The molecule has 2 rings (SSSR count). The predicted octanol–water partition coefficient (Wildman–Crippen LogP) is 2.46. The van der Waals surface area contributed by atoms with Gasteiger partial charge >= 0.3 is 5.97 Å². The summed E-state index contributed by atoms with van der Waals surface area (Å²) in [6.45, 7) is 9.58. The van der Waals surface area contributed by atoms with Crippen molar-refractivity contribution < 1.29 is 29.0 Å². The minimum Gasteiger partial charge on any atom is -0.455 e. The molecule has 1 aliphatic heterocycles. The van der Waals surface area contributed by atoms with Gasteiger partial charge in [0.15, 0.2) is 5.78 Å². The van der Waals surface area contributed by atoms with Gasteiger partial charge in [0.05, 0.1) is 5.57 Å². The average Bonchev–Trinajstić information content (AvgIpc) is 2.83. The third-order valence-corrected chi connectivity index (χ3v) is 4.97. The van der Waals surface area contributed by atoms with Gasteiger partial charge in [-0.05, 0) is 39.2 Å². The zero-order valence-electron chi connectivity index (χ0n) is 16.2. The maximum absolute atomic E-state index is 12.5. The van der Waals surface area contributed by atoms with Crippen LogP contribution in [0.5, 0.6) is 0 Å². The van der Waals surface area contributed by atoms with Crippen LogP contribution in [0.1, 0.15) is 46.5 Å². The Balaban J connectivity index is 2.36. The topological polar surface area (TPSA) is 89.9 Å². The Morgan fingerprint density at radius 2 is 2.00 bits per heavy atom. The van der Waals surface area contributed by atoms with Gasteiger partial charge in [-0.25, -0.2) is 4.79 Å². The Bertz CT molecular complexity index is 687. The van der Waals surface area contributed by atoms with Crippen LogP contribution in [-0.4, -0.2) is 47.6 Å². The first-order valence-electron chi connectivity index (χ1n) is 9.31. The highest BCUT2D eigenvalue weighted by atomic mass is 16.6. The molecule has 6 nitrogen and oxygen atoms in total. The molecule has 0 saturated carbocycles. The molecule has 0 radical (unpaired) electrons. The quantitative estimate of drug-likeness (QED) is 0.601. The highest BCUT2D eigenvalue weighted by Crippen LogP contribution is 2.29. The summed E-state index contributed by atoms with van der Waals surface area (Å²) in [5, 5.41) is 10.4. The normalized spacial score (nSPS) is 34.1. The van der Waals surface area contributed by atoms with Crippen molar-refractivity contribution in [1.29, 1.82) is 0 Å². The fraction of sp³-hybridized carbons (Fsp3) is 0.571. The lowest BCUT2D eigenvalue weighted by Gasteiger charge is -2.19. The molecule has 2 aliphatic rings. The van der Waals surface area contributed by atoms with Gasteiger partial charge in [0.1, 0.15) is 24.1 Å². The zero-order valence-corrected chi connectivity index (χ0v) is 16.2. The Hall–Kier alpha value is -2.05. The lowest BCUT2D eigenvalue weighted by Crippen LogP contribution is -2.28. The summed E-state index contributed by atoms with van der Waals surface area (Å²) in [4.78, 5) is 37.2. The fourth-order valence-electron chi connectivity index (χ4n) is 3.40. The lowest BCUT2D eigenvalue weighted by atomic mass is 9.88. The van der Waals surface area contributed by atoms with Crippen molar-refractivity contribution in [2.75, 3.05) is 6.61 Å². The van der Waals surface area contributed by atoms with Crippen LogP contribution in [-0.2, 0) is 23.9 Å². The summed E-state index contributed by atoms with van der Waals surface area (Å²) in [6, 6.07) is 0. The van der Waals surface area contributed by atoms with E-state index in [0.29, 0.717) is 18.6 Å². The summed E-state index contributed by atoms with van der Waals surface area (Å²) in [6.07, 6.45) is 1.32. The van der Waals surface area contributed by atoms with E-state index >= 15 is 0 Å². The number of allylic oxidation sites excluding steroid dienone is 2. The van der Waals surface area contributed by atoms with E-state index in [9.17, 15) is 19.5 Å². The standard InChI is InChI=1S/C21H28O6/c1-5-26-18-11-15(22)10-14(12(2)3)6-7-16-20(24)19(27-21(16)25)9-13(4)8-17(18)23/h7-8,14,18-20,24H,2,5-6,9-11H2,1,3-4H3/b13-8-,16-7-/t14-,18-,19?,20-/m0/s1. The highest BCUT2D eigenvalue weighted by Gasteiger charge is 2.38. The van der Waals surface area contributed by atoms with Crippen LogP contribution in [0.3, 0.4) is 0 Å². The molecule has 0 aromatic rings. The minimum atomic E-state index is -1.05. The zero-order chi connectivity index (χ0) is 20.1. The largest absolute Gasteiger partial charge is 0.455 e. The molecule has 0 aromatic heterocycles. The number of aliphatic hydroxyl groups excluding tert-OH is 1. The maximum Gasteiger partial charge on any atom is 0.336 e. The molecule has 27 heavy (non-hydrogen) atoms. The molecule has 6 heteroatoms. The highest BCUT2D eigenvalue weighted by molar-refractivity contribution is 5.97. The van der Waals surface area contributed by atoms with E-state index in [1.165, 1.54) is 6.08 Å². The Kier molecular flexibility index (Phi) is 7.27. The number of aliphatic hydroxyl groups is 1. The van der Waals surface area contributed by atoms with Crippen molar-refractivity contribution >= 4 is 17.5 Å². The fourth-order valence-corrected chi connectivity index (χ4v) is 3.40. The first-order chi connectivity index (χ1) is 12.7. The number of ketones is 2. The first-order valence-corrected chi connectivity index (χ1v) is 9.31. The first kappa shape index (κ1) is 21.3. The van der Waals surface area contributed by atoms with Gasteiger partial charge in [-0.3, -0.25) is 9.59 Å². The number of carbonyl (C=O) groups excluding carboxylic acids is 3. The van der Waals surface area contributed by atoms with Crippen molar-refractivity contribution in [2.45, 2.75) is 64.8 Å². The minimum absolute atomic E-state index is 0.0122. The summed E-state index contributed by atoms with van der Waals surface area (Å²) in [5.74, 6) is -1.12. The van der Waals surface area contributed by atoms with Gasteiger partial charge in [-0.1, -0.05) is 23.8 Å².